The summed E-state index contributed by atoms with van der Waals surface area (Å²) in [4.78, 5) is 6.89. The fourth-order valence-electron chi connectivity index (χ4n) is 4.63. The second kappa shape index (κ2) is 9.97. The number of ether oxygens (including phenoxy) is 1. The van der Waals surface area contributed by atoms with Crippen LogP contribution >= 0.6 is 8.44 Å². The molecular formula is C24H36N3O2PS. The summed E-state index contributed by atoms with van der Waals surface area (Å²) < 4.78 is 20.5. The third-order valence-electron chi connectivity index (χ3n) is 6.63. The van der Waals surface area contributed by atoms with Crippen LogP contribution in [0.2, 0.25) is 0 Å². The first kappa shape index (κ1) is 22.7. The second-order valence-electron chi connectivity index (χ2n) is 9.09. The zero-order valence-electron chi connectivity index (χ0n) is 18.8. The van der Waals surface area contributed by atoms with Crippen LogP contribution < -0.4 is 9.64 Å². The average molecular weight is 462 g/mol. The van der Waals surface area contributed by atoms with Gasteiger partial charge in [0, 0.05) is 38.1 Å². The maximum atomic E-state index is 12.3. The SMILES string of the molecule is Cc1ccc(N2CCC(CCCOc3ccc4c(c3)CCN([SH](C)(=O)P)C4)CC2)cn1. The van der Waals surface area contributed by atoms with E-state index in [0.717, 1.165) is 63.0 Å². The van der Waals surface area contributed by atoms with Gasteiger partial charge in [-0.05, 0) is 90.1 Å². The van der Waals surface area contributed by atoms with Crippen molar-refractivity contribution in [2.24, 2.45) is 5.92 Å². The Morgan fingerprint density at radius 2 is 1.97 bits per heavy atom. The maximum absolute atomic E-state index is 12.3. The molecule has 0 bridgehead atoms. The minimum absolute atomic E-state index is 0.768. The van der Waals surface area contributed by atoms with Crippen molar-refractivity contribution in [3.63, 3.8) is 0 Å². The fraction of sp³-hybridized carbons (Fsp3) is 0.542. The van der Waals surface area contributed by atoms with Crippen LogP contribution in [0.3, 0.4) is 0 Å². The molecular weight excluding hydrogens is 425 g/mol. The Morgan fingerprint density at radius 3 is 2.68 bits per heavy atom. The normalized spacial score (nSPS) is 18.6. The van der Waals surface area contributed by atoms with E-state index in [9.17, 15) is 4.21 Å². The van der Waals surface area contributed by atoms with E-state index in [4.69, 9.17) is 4.74 Å². The summed E-state index contributed by atoms with van der Waals surface area (Å²) in [6.45, 7) is 6.68. The highest BCUT2D eigenvalue weighted by molar-refractivity contribution is 8.43. The number of anilines is 1. The number of aryl methyl sites for hydroxylation is 1. The van der Waals surface area contributed by atoms with Gasteiger partial charge in [-0.1, -0.05) is 14.5 Å². The van der Waals surface area contributed by atoms with Crippen LogP contribution in [-0.4, -0.2) is 46.0 Å². The first-order valence-electron chi connectivity index (χ1n) is 11.4. The second-order valence-corrected chi connectivity index (χ2v) is 14.4. The molecule has 1 saturated heterocycles. The van der Waals surface area contributed by atoms with Gasteiger partial charge >= 0.3 is 0 Å². The minimum Gasteiger partial charge on any atom is -0.494 e. The molecule has 1 aromatic carbocycles. The molecule has 2 aliphatic heterocycles. The van der Waals surface area contributed by atoms with E-state index in [2.05, 4.69) is 53.0 Å². The molecule has 170 valence electrons. The predicted molar refractivity (Wildman–Crippen MR) is 134 cm³/mol. The molecule has 7 heteroatoms. The first-order valence-corrected chi connectivity index (χ1v) is 15.1. The zero-order chi connectivity index (χ0) is 21.8. The highest BCUT2D eigenvalue weighted by Crippen LogP contribution is 2.29. The molecule has 31 heavy (non-hydrogen) atoms. The summed E-state index contributed by atoms with van der Waals surface area (Å²) in [6, 6.07) is 10.7. The van der Waals surface area contributed by atoms with Crippen molar-refractivity contribution in [1.29, 1.82) is 0 Å². The molecule has 3 heterocycles. The lowest BCUT2D eigenvalue weighted by molar-refractivity contribution is 0.278. The largest absolute Gasteiger partial charge is 0.494 e. The molecule has 0 N–H and O–H groups in total. The zero-order valence-corrected chi connectivity index (χ0v) is 20.8. The topological polar surface area (TPSA) is 45.7 Å². The predicted octanol–water partition coefficient (Wildman–Crippen LogP) is 4.18. The van der Waals surface area contributed by atoms with Gasteiger partial charge in [0.05, 0.1) is 18.5 Å². The molecule has 1 unspecified atom stereocenters. The van der Waals surface area contributed by atoms with Gasteiger partial charge in [0.25, 0.3) is 0 Å². The molecule has 2 aliphatic rings. The number of aromatic nitrogens is 1. The monoisotopic (exact) mass is 461 g/mol. The number of hydrogen-bond acceptors (Lipinski definition) is 4. The van der Waals surface area contributed by atoms with Gasteiger partial charge in [-0.25, -0.2) is 4.31 Å². The Morgan fingerprint density at radius 1 is 1.16 bits per heavy atom. The van der Waals surface area contributed by atoms with Crippen LogP contribution in [0.15, 0.2) is 36.5 Å². The van der Waals surface area contributed by atoms with E-state index in [0.29, 0.717) is 0 Å². The van der Waals surface area contributed by atoms with Gasteiger partial charge < -0.3 is 9.64 Å². The molecule has 0 aliphatic carbocycles. The molecule has 0 saturated carbocycles. The third-order valence-corrected chi connectivity index (χ3v) is 9.08. The highest BCUT2D eigenvalue weighted by Gasteiger charge is 2.22. The maximum Gasteiger partial charge on any atom is 0.119 e. The van der Waals surface area contributed by atoms with E-state index in [-0.39, 0.29) is 0 Å². The Balaban J connectivity index is 1.18. The van der Waals surface area contributed by atoms with Gasteiger partial charge in [-0.3, -0.25) is 9.19 Å². The quantitative estimate of drug-likeness (QED) is 0.382. The van der Waals surface area contributed by atoms with Crippen molar-refractivity contribution >= 4 is 23.9 Å². The number of pyridine rings is 1. The number of benzene rings is 1. The number of rotatable bonds is 7. The standard InChI is InChI=1S/C24H36N3O2PS/c1-19-5-7-23(17-25-19)26-12-9-20(10-13-26)4-3-15-29-24-8-6-22-18-27(31(2,28)30)14-11-21(22)16-24/h5-8,16-17,20,31H,3-4,9-15,18,30H2,1-2H3. The van der Waals surface area contributed by atoms with Crippen molar-refractivity contribution in [1.82, 2.24) is 9.29 Å². The van der Waals surface area contributed by atoms with E-state index < -0.39 is 9.74 Å². The number of nitrogens with zero attached hydrogens (tertiary/aromatic N) is 3. The van der Waals surface area contributed by atoms with Crippen molar-refractivity contribution in [2.45, 2.75) is 45.6 Å². The first-order chi connectivity index (χ1) is 14.9. The number of thiol groups is 1. The van der Waals surface area contributed by atoms with E-state index >= 15 is 0 Å². The number of fused-ring (bicyclic) bond motifs is 1. The van der Waals surface area contributed by atoms with Gasteiger partial charge in [0.15, 0.2) is 0 Å². The fourth-order valence-corrected chi connectivity index (χ4v) is 6.15. The molecule has 1 fully saturated rings. The lowest BCUT2D eigenvalue weighted by atomic mass is 9.92. The Bertz CT molecular complexity index is 923. The van der Waals surface area contributed by atoms with Gasteiger partial charge in [-0.2, -0.15) is 0 Å². The Kier molecular flexibility index (Phi) is 7.30. The van der Waals surface area contributed by atoms with Crippen LogP contribution in [0.4, 0.5) is 5.69 Å². The molecule has 0 spiro atoms. The molecule has 1 atom stereocenters. The summed E-state index contributed by atoms with van der Waals surface area (Å²) in [7, 11) is 0.267. The Hall–Kier alpha value is -1.49. The summed E-state index contributed by atoms with van der Waals surface area (Å²) in [5, 5.41) is 0. The van der Waals surface area contributed by atoms with Crippen LogP contribution in [0.25, 0.3) is 0 Å². The molecule has 0 radical (unpaired) electrons. The van der Waals surface area contributed by atoms with E-state index in [1.165, 1.54) is 36.1 Å². The van der Waals surface area contributed by atoms with Crippen molar-refractivity contribution in [2.75, 3.05) is 37.4 Å². The number of piperidine rings is 1. The molecule has 5 nitrogen and oxygen atoms in total. The Labute approximate surface area is 190 Å². The van der Waals surface area contributed by atoms with Crippen LogP contribution in [0.1, 0.15) is 42.5 Å². The van der Waals surface area contributed by atoms with Crippen LogP contribution in [0, 0.1) is 12.8 Å². The summed E-state index contributed by atoms with van der Waals surface area (Å²) in [6.07, 6.45) is 9.60. The molecule has 0 amide bonds. The summed E-state index contributed by atoms with van der Waals surface area (Å²) in [5.41, 5.74) is 4.94. The summed E-state index contributed by atoms with van der Waals surface area (Å²) in [5.74, 6) is 1.77. The highest BCUT2D eigenvalue weighted by atomic mass is 32.8. The van der Waals surface area contributed by atoms with Crippen molar-refractivity contribution < 1.29 is 8.95 Å². The van der Waals surface area contributed by atoms with Gasteiger partial charge in [0.2, 0.25) is 0 Å². The van der Waals surface area contributed by atoms with E-state index in [1.54, 1.807) is 0 Å². The third kappa shape index (κ3) is 6.06. The van der Waals surface area contributed by atoms with Gasteiger partial charge in [-0.15, -0.1) is 0 Å². The van der Waals surface area contributed by atoms with Crippen LogP contribution in [0.5, 0.6) is 5.75 Å². The van der Waals surface area contributed by atoms with Crippen molar-refractivity contribution in [3.8, 4) is 5.75 Å². The van der Waals surface area contributed by atoms with Gasteiger partial charge in [0.1, 0.15) is 5.75 Å². The molecule has 4 rings (SSSR count). The van der Waals surface area contributed by atoms with E-state index in [1.807, 2.05) is 19.4 Å². The molecule has 2 aromatic rings. The lowest BCUT2D eigenvalue weighted by Crippen LogP contribution is -2.36. The van der Waals surface area contributed by atoms with Crippen molar-refractivity contribution in [3.05, 3.63) is 53.3 Å². The summed E-state index contributed by atoms with van der Waals surface area (Å²) >= 11 is 0. The number of hydrogen-bond donors (Lipinski definition) is 1. The van der Waals surface area contributed by atoms with Crippen LogP contribution in [-0.2, 0) is 22.7 Å². The lowest BCUT2D eigenvalue weighted by Gasteiger charge is -2.34. The average Bonchev–Trinajstić information content (AvgIpc) is 2.77. The minimum atomic E-state index is -2.26. The molecule has 1 aromatic heterocycles. The smallest absolute Gasteiger partial charge is 0.119 e.